The molecule has 0 amide bonds. The van der Waals surface area contributed by atoms with Crippen molar-refractivity contribution in [2.24, 2.45) is 10.9 Å². The number of hydrogen-bond donors (Lipinski definition) is 2. The summed E-state index contributed by atoms with van der Waals surface area (Å²) in [4.78, 5) is 18.2. The highest BCUT2D eigenvalue weighted by molar-refractivity contribution is 9.10. The molecule has 108 valence electrons. The minimum atomic E-state index is -0.598. The molecule has 0 fully saturated rings. The highest BCUT2D eigenvalue weighted by atomic mass is 79.9. The molecule has 0 spiro atoms. The van der Waals surface area contributed by atoms with Gasteiger partial charge in [-0.05, 0) is 22.0 Å². The minimum absolute atomic E-state index is 0.0370. The van der Waals surface area contributed by atoms with Gasteiger partial charge < -0.3 is 15.7 Å². The molecule has 0 aliphatic rings. The standard InChI is InChI=1S/C11H8BrN5O4/c12-6-2-1-3-7(17(19)20)9(6)21-11-8(10(13)16-18)14-4-5-15-11/h1-5,18H,(H2,13,16). The first-order valence-electron chi connectivity index (χ1n) is 5.44. The minimum Gasteiger partial charge on any atom is -0.428 e. The number of hydrogen-bond acceptors (Lipinski definition) is 7. The van der Waals surface area contributed by atoms with Crippen LogP contribution in [-0.4, -0.2) is 25.9 Å². The van der Waals surface area contributed by atoms with Gasteiger partial charge in [0.05, 0.1) is 9.40 Å². The van der Waals surface area contributed by atoms with E-state index in [0.717, 1.165) is 0 Å². The second kappa shape index (κ2) is 6.13. The molecule has 9 nitrogen and oxygen atoms in total. The molecule has 3 N–H and O–H groups in total. The summed E-state index contributed by atoms with van der Waals surface area (Å²) in [6.45, 7) is 0. The lowest BCUT2D eigenvalue weighted by Crippen LogP contribution is -2.16. The molecule has 21 heavy (non-hydrogen) atoms. The Morgan fingerprint density at radius 1 is 1.43 bits per heavy atom. The van der Waals surface area contributed by atoms with Gasteiger partial charge in [-0.3, -0.25) is 10.1 Å². The van der Waals surface area contributed by atoms with Crippen LogP contribution in [0.25, 0.3) is 0 Å². The topological polar surface area (TPSA) is 137 Å². The molecule has 0 atom stereocenters. The average molecular weight is 354 g/mol. The predicted octanol–water partition coefficient (Wildman–Crippen LogP) is 2.03. The fourth-order valence-electron chi connectivity index (χ4n) is 1.46. The zero-order chi connectivity index (χ0) is 15.4. The third-order valence-corrected chi connectivity index (χ3v) is 2.98. The van der Waals surface area contributed by atoms with Crippen LogP contribution in [0, 0.1) is 10.1 Å². The van der Waals surface area contributed by atoms with E-state index in [1.165, 1.54) is 24.5 Å². The number of para-hydroxylation sites is 1. The Bertz CT molecular complexity index is 722. The van der Waals surface area contributed by atoms with Gasteiger partial charge in [-0.15, -0.1) is 0 Å². The fraction of sp³-hybridized carbons (Fsp3) is 0. The molecule has 10 heteroatoms. The van der Waals surface area contributed by atoms with Gasteiger partial charge in [-0.2, -0.15) is 0 Å². The van der Waals surface area contributed by atoms with Crippen LogP contribution in [0.1, 0.15) is 5.69 Å². The van der Waals surface area contributed by atoms with Crippen LogP contribution in [0.3, 0.4) is 0 Å². The Morgan fingerprint density at radius 2 is 2.14 bits per heavy atom. The van der Waals surface area contributed by atoms with Crippen LogP contribution < -0.4 is 10.5 Å². The lowest BCUT2D eigenvalue weighted by molar-refractivity contribution is -0.385. The first-order chi connectivity index (χ1) is 10.0. The molecule has 0 saturated carbocycles. The summed E-state index contributed by atoms with van der Waals surface area (Å²) in [7, 11) is 0. The Labute approximate surface area is 126 Å². The SMILES string of the molecule is N/C(=N/O)c1nccnc1Oc1c(Br)cccc1[N+](=O)[O-]. The number of oxime groups is 1. The van der Waals surface area contributed by atoms with Gasteiger partial charge >= 0.3 is 5.69 Å². The molecule has 0 radical (unpaired) electrons. The van der Waals surface area contributed by atoms with E-state index in [1.807, 2.05) is 0 Å². The van der Waals surface area contributed by atoms with Gasteiger partial charge in [0.2, 0.25) is 11.6 Å². The van der Waals surface area contributed by atoms with Gasteiger partial charge in [0.15, 0.2) is 11.5 Å². The number of nitro benzene ring substituents is 1. The van der Waals surface area contributed by atoms with Crippen LogP contribution >= 0.6 is 15.9 Å². The van der Waals surface area contributed by atoms with Crippen molar-refractivity contribution < 1.29 is 14.9 Å². The first kappa shape index (κ1) is 14.7. The van der Waals surface area contributed by atoms with Crippen molar-refractivity contribution in [3.05, 3.63) is 50.9 Å². The summed E-state index contributed by atoms with van der Waals surface area (Å²) in [5.74, 6) is -0.509. The molecular weight excluding hydrogens is 346 g/mol. The smallest absolute Gasteiger partial charge is 0.312 e. The van der Waals surface area contributed by atoms with Crippen LogP contribution in [0.15, 0.2) is 40.2 Å². The monoisotopic (exact) mass is 353 g/mol. The van der Waals surface area contributed by atoms with Gasteiger partial charge in [-0.25, -0.2) is 9.97 Å². The molecule has 0 saturated heterocycles. The number of nitrogens with two attached hydrogens (primary N) is 1. The first-order valence-corrected chi connectivity index (χ1v) is 6.23. The quantitative estimate of drug-likeness (QED) is 0.282. The van der Waals surface area contributed by atoms with Crippen molar-refractivity contribution in [3.8, 4) is 11.6 Å². The highest BCUT2D eigenvalue weighted by Gasteiger charge is 2.21. The molecule has 2 rings (SSSR count). The fourth-order valence-corrected chi connectivity index (χ4v) is 1.90. The highest BCUT2D eigenvalue weighted by Crippen LogP contribution is 2.37. The Kier molecular flexibility index (Phi) is 4.28. The van der Waals surface area contributed by atoms with Crippen LogP contribution in [0.2, 0.25) is 0 Å². The Morgan fingerprint density at radius 3 is 2.81 bits per heavy atom. The summed E-state index contributed by atoms with van der Waals surface area (Å²) in [6, 6.07) is 4.34. The molecule has 0 bridgehead atoms. The van der Waals surface area contributed by atoms with E-state index in [2.05, 4.69) is 31.1 Å². The number of aromatic nitrogens is 2. The van der Waals surface area contributed by atoms with E-state index in [0.29, 0.717) is 4.47 Å². The van der Waals surface area contributed by atoms with E-state index in [4.69, 9.17) is 15.7 Å². The number of nitro groups is 1. The van der Waals surface area contributed by atoms with E-state index >= 15 is 0 Å². The van der Waals surface area contributed by atoms with Gasteiger partial charge in [0.1, 0.15) is 0 Å². The van der Waals surface area contributed by atoms with Crippen molar-refractivity contribution in [3.63, 3.8) is 0 Å². The van der Waals surface area contributed by atoms with Crippen molar-refractivity contribution >= 4 is 27.5 Å². The average Bonchev–Trinajstić information content (AvgIpc) is 2.48. The third-order valence-electron chi connectivity index (χ3n) is 2.36. The van der Waals surface area contributed by atoms with Crippen molar-refractivity contribution in [2.75, 3.05) is 0 Å². The summed E-state index contributed by atoms with van der Waals surface area (Å²) in [5, 5.41) is 22.5. The molecule has 1 aromatic heterocycles. The van der Waals surface area contributed by atoms with E-state index in [1.54, 1.807) is 6.07 Å². The Hall–Kier alpha value is -2.75. The van der Waals surface area contributed by atoms with Crippen molar-refractivity contribution in [2.45, 2.75) is 0 Å². The number of amidine groups is 1. The zero-order valence-electron chi connectivity index (χ0n) is 10.3. The molecular formula is C11H8BrN5O4. The number of rotatable bonds is 4. The van der Waals surface area contributed by atoms with E-state index in [-0.39, 0.29) is 28.8 Å². The van der Waals surface area contributed by atoms with Crippen LogP contribution in [0.4, 0.5) is 5.69 Å². The normalized spacial score (nSPS) is 11.2. The maximum atomic E-state index is 11.0. The van der Waals surface area contributed by atoms with Crippen LogP contribution in [-0.2, 0) is 0 Å². The molecule has 1 aromatic carbocycles. The predicted molar refractivity (Wildman–Crippen MR) is 75.4 cm³/mol. The number of nitrogens with zero attached hydrogens (tertiary/aromatic N) is 4. The second-order valence-electron chi connectivity index (χ2n) is 3.64. The molecule has 0 aliphatic heterocycles. The lowest BCUT2D eigenvalue weighted by atomic mass is 10.3. The van der Waals surface area contributed by atoms with Gasteiger partial charge in [0, 0.05) is 18.5 Å². The summed E-state index contributed by atoms with van der Waals surface area (Å²) < 4.78 is 5.78. The summed E-state index contributed by atoms with van der Waals surface area (Å²) in [5.41, 5.74) is 5.16. The lowest BCUT2D eigenvalue weighted by Gasteiger charge is -2.09. The zero-order valence-corrected chi connectivity index (χ0v) is 11.9. The van der Waals surface area contributed by atoms with E-state index in [9.17, 15) is 10.1 Å². The van der Waals surface area contributed by atoms with Crippen molar-refractivity contribution in [1.29, 1.82) is 0 Å². The molecule has 2 aromatic rings. The molecule has 0 aliphatic carbocycles. The molecule has 0 unspecified atom stereocenters. The largest absolute Gasteiger partial charge is 0.428 e. The van der Waals surface area contributed by atoms with Gasteiger partial charge in [-0.1, -0.05) is 11.2 Å². The third kappa shape index (κ3) is 3.05. The number of ether oxygens (including phenoxy) is 1. The van der Waals surface area contributed by atoms with Crippen LogP contribution in [0.5, 0.6) is 11.6 Å². The number of benzene rings is 1. The molecule has 1 heterocycles. The van der Waals surface area contributed by atoms with Gasteiger partial charge in [0.25, 0.3) is 0 Å². The summed E-state index contributed by atoms with van der Waals surface area (Å²) >= 11 is 3.16. The number of halogens is 1. The maximum absolute atomic E-state index is 11.0. The summed E-state index contributed by atoms with van der Waals surface area (Å²) in [6.07, 6.45) is 2.63. The Balaban J connectivity index is 2.52. The second-order valence-corrected chi connectivity index (χ2v) is 4.50. The van der Waals surface area contributed by atoms with E-state index < -0.39 is 4.92 Å². The maximum Gasteiger partial charge on any atom is 0.312 e. The van der Waals surface area contributed by atoms with Crippen molar-refractivity contribution in [1.82, 2.24) is 9.97 Å².